The summed E-state index contributed by atoms with van der Waals surface area (Å²) >= 11 is 0. The molecule has 1 aromatic rings. The first-order valence-electron chi connectivity index (χ1n) is 6.13. The summed E-state index contributed by atoms with van der Waals surface area (Å²) in [6.07, 6.45) is 1.46. The second-order valence-electron chi connectivity index (χ2n) is 4.70. The molecule has 0 aromatic heterocycles. The number of ether oxygens (including phenoxy) is 2. The lowest BCUT2D eigenvalue weighted by atomic mass is 9.84. The number of hydrogen-bond acceptors (Lipinski definition) is 4. The second-order valence-corrected chi connectivity index (χ2v) is 4.70. The summed E-state index contributed by atoms with van der Waals surface area (Å²) in [6.45, 7) is 1.64. The predicted octanol–water partition coefficient (Wildman–Crippen LogP) is 1.84. The summed E-state index contributed by atoms with van der Waals surface area (Å²) in [6, 6.07) is 5.71. The van der Waals surface area contributed by atoms with Crippen molar-refractivity contribution in [1.82, 2.24) is 5.32 Å². The molecule has 1 atom stereocenters. The van der Waals surface area contributed by atoms with Gasteiger partial charge >= 0.3 is 6.09 Å². The molecule has 3 rings (SSSR count). The van der Waals surface area contributed by atoms with Crippen LogP contribution in [0.25, 0.3) is 0 Å². The van der Waals surface area contributed by atoms with Crippen LogP contribution in [-0.4, -0.2) is 26.3 Å². The topological polar surface area (TPSA) is 59.6 Å². The normalized spacial score (nSPS) is 26.2. The summed E-state index contributed by atoms with van der Waals surface area (Å²) in [5, 5.41) is 6.04. The number of nitrogens with one attached hydrogen (secondary N) is 2. The Kier molecular flexibility index (Phi) is 2.63. The standard InChI is InChI=1S/C13H16N2O3/c1-17-9-3-4-10-11(7-9)15-12(16)18-13(10)5-2-6-14-8-13/h3-4,7,14H,2,5-6,8H2,1H3,(H,15,16). The van der Waals surface area contributed by atoms with E-state index in [1.54, 1.807) is 7.11 Å². The number of amides is 1. The molecule has 2 aliphatic rings. The molecule has 2 N–H and O–H groups in total. The maximum atomic E-state index is 11.7. The molecular weight excluding hydrogens is 232 g/mol. The van der Waals surface area contributed by atoms with Crippen molar-refractivity contribution in [2.24, 2.45) is 0 Å². The molecule has 0 bridgehead atoms. The van der Waals surface area contributed by atoms with E-state index in [2.05, 4.69) is 10.6 Å². The van der Waals surface area contributed by atoms with Crippen molar-refractivity contribution in [3.05, 3.63) is 23.8 Å². The number of anilines is 1. The van der Waals surface area contributed by atoms with E-state index in [1.807, 2.05) is 18.2 Å². The van der Waals surface area contributed by atoms with Crippen molar-refractivity contribution in [1.29, 1.82) is 0 Å². The third-order valence-electron chi connectivity index (χ3n) is 3.59. The Morgan fingerprint density at radius 2 is 2.33 bits per heavy atom. The molecule has 18 heavy (non-hydrogen) atoms. The Balaban J connectivity index is 2.06. The fourth-order valence-electron chi connectivity index (χ4n) is 2.71. The minimum absolute atomic E-state index is 0.389. The SMILES string of the molecule is COc1ccc2c(c1)NC(=O)OC21CCCNC1. The number of carbonyl (C=O) groups is 1. The van der Waals surface area contributed by atoms with E-state index in [0.29, 0.717) is 6.54 Å². The van der Waals surface area contributed by atoms with Gasteiger partial charge in [0, 0.05) is 18.2 Å². The van der Waals surface area contributed by atoms with Crippen molar-refractivity contribution in [3.63, 3.8) is 0 Å². The van der Waals surface area contributed by atoms with Gasteiger partial charge in [-0.15, -0.1) is 0 Å². The van der Waals surface area contributed by atoms with Gasteiger partial charge in [0.05, 0.1) is 12.8 Å². The predicted molar refractivity (Wildman–Crippen MR) is 66.9 cm³/mol. The smallest absolute Gasteiger partial charge is 0.412 e. The molecule has 5 heteroatoms. The van der Waals surface area contributed by atoms with E-state index in [-0.39, 0.29) is 6.09 Å². The van der Waals surface area contributed by atoms with Gasteiger partial charge in [0.1, 0.15) is 5.75 Å². The molecule has 2 heterocycles. The van der Waals surface area contributed by atoms with Gasteiger partial charge in [-0.1, -0.05) is 0 Å². The van der Waals surface area contributed by atoms with Gasteiger partial charge < -0.3 is 14.8 Å². The lowest BCUT2D eigenvalue weighted by Crippen LogP contribution is -2.49. The quantitative estimate of drug-likeness (QED) is 0.796. The molecule has 1 unspecified atom stereocenters. The fraction of sp³-hybridized carbons (Fsp3) is 0.462. The number of piperidine rings is 1. The van der Waals surface area contributed by atoms with Gasteiger partial charge in [-0.05, 0) is 31.5 Å². The van der Waals surface area contributed by atoms with Crippen molar-refractivity contribution in [2.75, 3.05) is 25.5 Å². The van der Waals surface area contributed by atoms with Crippen molar-refractivity contribution in [3.8, 4) is 5.75 Å². The van der Waals surface area contributed by atoms with Crippen LogP contribution in [0.1, 0.15) is 18.4 Å². The third-order valence-corrected chi connectivity index (χ3v) is 3.59. The second kappa shape index (κ2) is 4.17. The largest absolute Gasteiger partial charge is 0.497 e. The van der Waals surface area contributed by atoms with E-state index in [9.17, 15) is 4.79 Å². The van der Waals surface area contributed by atoms with Crippen LogP contribution in [0.3, 0.4) is 0 Å². The highest BCUT2D eigenvalue weighted by molar-refractivity contribution is 5.89. The van der Waals surface area contributed by atoms with Crippen LogP contribution in [0.2, 0.25) is 0 Å². The molecule has 96 valence electrons. The van der Waals surface area contributed by atoms with E-state index < -0.39 is 5.60 Å². The van der Waals surface area contributed by atoms with Crippen LogP contribution in [0.5, 0.6) is 5.75 Å². The van der Waals surface area contributed by atoms with Gasteiger partial charge in [0.15, 0.2) is 5.60 Å². The van der Waals surface area contributed by atoms with E-state index in [4.69, 9.17) is 9.47 Å². The van der Waals surface area contributed by atoms with Gasteiger partial charge in [0.2, 0.25) is 0 Å². The first-order chi connectivity index (χ1) is 8.73. The van der Waals surface area contributed by atoms with Crippen LogP contribution in [0.15, 0.2) is 18.2 Å². The van der Waals surface area contributed by atoms with Crippen LogP contribution < -0.4 is 15.4 Å². The van der Waals surface area contributed by atoms with Crippen LogP contribution in [-0.2, 0) is 10.3 Å². The number of carbonyl (C=O) groups excluding carboxylic acids is 1. The highest BCUT2D eigenvalue weighted by Crippen LogP contribution is 2.41. The third kappa shape index (κ3) is 1.71. The Hall–Kier alpha value is -1.75. The molecule has 1 amide bonds. The minimum atomic E-state index is -0.526. The summed E-state index contributed by atoms with van der Waals surface area (Å²) in [7, 11) is 1.61. The van der Waals surface area contributed by atoms with E-state index >= 15 is 0 Å². The fourth-order valence-corrected chi connectivity index (χ4v) is 2.71. The zero-order valence-corrected chi connectivity index (χ0v) is 10.3. The van der Waals surface area contributed by atoms with E-state index in [1.165, 1.54) is 0 Å². The lowest BCUT2D eigenvalue weighted by molar-refractivity contribution is -0.00727. The van der Waals surface area contributed by atoms with Gasteiger partial charge in [0.25, 0.3) is 0 Å². The zero-order valence-electron chi connectivity index (χ0n) is 10.3. The summed E-state index contributed by atoms with van der Waals surface area (Å²) < 4.78 is 10.7. The van der Waals surface area contributed by atoms with Gasteiger partial charge in [-0.2, -0.15) is 0 Å². The Morgan fingerprint density at radius 1 is 1.44 bits per heavy atom. The van der Waals surface area contributed by atoms with Crippen molar-refractivity contribution < 1.29 is 14.3 Å². The Bertz CT molecular complexity index is 481. The molecule has 5 nitrogen and oxygen atoms in total. The molecule has 0 radical (unpaired) electrons. The summed E-state index contributed by atoms with van der Waals surface area (Å²) in [5.74, 6) is 0.731. The molecule has 0 saturated carbocycles. The maximum Gasteiger partial charge on any atom is 0.412 e. The lowest BCUT2D eigenvalue weighted by Gasteiger charge is -2.41. The first-order valence-corrected chi connectivity index (χ1v) is 6.13. The summed E-state index contributed by atoms with van der Waals surface area (Å²) in [5.41, 5.74) is 1.28. The average Bonchev–Trinajstić information content (AvgIpc) is 2.38. The van der Waals surface area contributed by atoms with Crippen molar-refractivity contribution >= 4 is 11.8 Å². The first kappa shape index (κ1) is 11.3. The van der Waals surface area contributed by atoms with Crippen LogP contribution in [0.4, 0.5) is 10.5 Å². The Labute approximate surface area is 105 Å². The van der Waals surface area contributed by atoms with Crippen LogP contribution >= 0.6 is 0 Å². The molecule has 1 fully saturated rings. The Morgan fingerprint density at radius 3 is 3.06 bits per heavy atom. The van der Waals surface area contributed by atoms with Crippen molar-refractivity contribution in [2.45, 2.75) is 18.4 Å². The zero-order chi connectivity index (χ0) is 12.6. The molecule has 1 saturated heterocycles. The number of benzene rings is 1. The number of rotatable bonds is 1. The minimum Gasteiger partial charge on any atom is -0.497 e. The van der Waals surface area contributed by atoms with Crippen LogP contribution in [0, 0.1) is 0 Å². The van der Waals surface area contributed by atoms with Gasteiger partial charge in [-0.25, -0.2) is 4.79 Å². The number of fused-ring (bicyclic) bond motifs is 2. The highest BCUT2D eigenvalue weighted by Gasteiger charge is 2.43. The molecular formula is C13H16N2O3. The van der Waals surface area contributed by atoms with Gasteiger partial charge in [-0.3, -0.25) is 5.32 Å². The highest BCUT2D eigenvalue weighted by atomic mass is 16.6. The molecule has 0 aliphatic carbocycles. The molecule has 1 spiro atoms. The molecule has 2 aliphatic heterocycles. The number of hydrogen-bond donors (Lipinski definition) is 2. The van der Waals surface area contributed by atoms with E-state index in [0.717, 1.165) is 36.4 Å². The number of methoxy groups -OCH3 is 1. The average molecular weight is 248 g/mol. The monoisotopic (exact) mass is 248 g/mol. The molecule has 1 aromatic carbocycles. The summed E-state index contributed by atoms with van der Waals surface area (Å²) in [4.78, 5) is 11.7. The maximum absolute atomic E-state index is 11.7.